The second kappa shape index (κ2) is 12.5. The summed E-state index contributed by atoms with van der Waals surface area (Å²) in [7, 11) is -7.11. The second-order valence-electron chi connectivity index (χ2n) is 12.6. The molecule has 0 radical (unpaired) electrons. The first-order chi connectivity index (χ1) is 20.1. The molecule has 0 aliphatic carbocycles. The lowest BCUT2D eigenvalue weighted by molar-refractivity contribution is -0.227. The van der Waals surface area contributed by atoms with Crippen LogP contribution < -0.4 is 10.4 Å². The largest absolute Gasteiger partial charge is 0.466 e. The standard InChI is InChI=1S/C32H44O9SSi/c1-9-32(21-26(33)36-10-2)27(38-29-28(32)39-31(6,7)40-29)25(41-42(8,34)35)22-37-43(30(3,4)5,23-17-13-11-14-18-23)24-19-15-12-16-20-24/h9,11-20,25,27-29H,1,10,21-22H2,2-8H3/t25-,27-,28+,29-,32+/m1/s1. The third kappa shape index (κ3) is 6.83. The molecule has 2 aromatic carbocycles. The molecule has 0 N–H and O–H groups in total. The molecule has 0 saturated carbocycles. The maximum absolute atomic E-state index is 13.0. The molecule has 2 aliphatic heterocycles. The zero-order valence-electron chi connectivity index (χ0n) is 26.1. The Kier molecular flexibility index (Phi) is 9.78. The fraction of sp³-hybridized carbons (Fsp3) is 0.531. The molecule has 2 aliphatic rings. The lowest BCUT2D eigenvalue weighted by atomic mass is 9.74. The molecule has 2 heterocycles. The van der Waals surface area contributed by atoms with Crippen molar-refractivity contribution in [2.45, 2.75) is 83.4 Å². The van der Waals surface area contributed by atoms with Gasteiger partial charge in [-0.3, -0.25) is 8.98 Å². The fourth-order valence-electron chi connectivity index (χ4n) is 6.39. The maximum atomic E-state index is 13.0. The first-order valence-electron chi connectivity index (χ1n) is 14.5. The summed E-state index contributed by atoms with van der Waals surface area (Å²) >= 11 is 0. The van der Waals surface area contributed by atoms with Gasteiger partial charge in [0.15, 0.2) is 12.1 Å². The van der Waals surface area contributed by atoms with Gasteiger partial charge in [0.2, 0.25) is 0 Å². The van der Waals surface area contributed by atoms with E-state index in [2.05, 4.69) is 27.4 Å². The van der Waals surface area contributed by atoms with Crippen LogP contribution in [0.4, 0.5) is 0 Å². The van der Waals surface area contributed by atoms with Gasteiger partial charge in [-0.05, 0) is 36.2 Å². The highest BCUT2D eigenvalue weighted by Gasteiger charge is 2.65. The molecule has 2 fully saturated rings. The summed E-state index contributed by atoms with van der Waals surface area (Å²) in [6.45, 7) is 15.7. The van der Waals surface area contributed by atoms with Gasteiger partial charge in [-0.25, -0.2) is 0 Å². The van der Waals surface area contributed by atoms with Gasteiger partial charge in [0, 0.05) is 0 Å². The summed E-state index contributed by atoms with van der Waals surface area (Å²) in [5.74, 6) is -1.50. The fourth-order valence-corrected chi connectivity index (χ4v) is 11.6. The minimum atomic E-state index is -4.01. The van der Waals surface area contributed by atoms with E-state index < -0.39 is 60.2 Å². The highest BCUT2D eigenvalue weighted by molar-refractivity contribution is 7.86. The van der Waals surface area contributed by atoms with E-state index in [0.717, 1.165) is 16.6 Å². The van der Waals surface area contributed by atoms with Crippen LogP contribution in [-0.2, 0) is 42.5 Å². The van der Waals surface area contributed by atoms with Gasteiger partial charge in [0.1, 0.15) is 18.3 Å². The molecular formula is C32H44O9SSi. The highest BCUT2D eigenvalue weighted by atomic mass is 32.2. The molecule has 2 saturated heterocycles. The normalized spacial score (nSPS) is 26.1. The molecule has 0 amide bonds. The average Bonchev–Trinajstić information content (AvgIpc) is 3.38. The van der Waals surface area contributed by atoms with E-state index in [9.17, 15) is 13.2 Å². The molecule has 0 unspecified atom stereocenters. The van der Waals surface area contributed by atoms with Crippen LogP contribution in [-0.4, -0.2) is 72.6 Å². The zero-order chi connectivity index (χ0) is 31.7. The number of rotatable bonds is 12. The van der Waals surface area contributed by atoms with E-state index in [1.54, 1.807) is 26.8 Å². The van der Waals surface area contributed by atoms with Crippen molar-refractivity contribution < 1.29 is 40.8 Å². The number of benzene rings is 2. The third-order valence-corrected chi connectivity index (χ3v) is 13.7. The summed E-state index contributed by atoms with van der Waals surface area (Å²) in [5.41, 5.74) is -1.24. The quantitative estimate of drug-likeness (QED) is 0.149. The molecule has 43 heavy (non-hydrogen) atoms. The average molecular weight is 633 g/mol. The molecule has 5 atom stereocenters. The zero-order valence-corrected chi connectivity index (χ0v) is 27.9. The van der Waals surface area contributed by atoms with E-state index in [-0.39, 0.29) is 24.7 Å². The predicted molar refractivity (Wildman–Crippen MR) is 166 cm³/mol. The van der Waals surface area contributed by atoms with Crippen LogP contribution >= 0.6 is 0 Å². The smallest absolute Gasteiger partial charge is 0.306 e. The SMILES string of the molecule is C=C[C@]1(CC(=O)OCC)[C@@H]([C@@H](CO[Si](c2ccccc2)(c2ccccc2)C(C)(C)C)OS(C)(=O)=O)O[C@@H]2OC(C)(C)O[C@@H]21. The van der Waals surface area contributed by atoms with E-state index in [0.29, 0.717) is 0 Å². The van der Waals surface area contributed by atoms with Crippen molar-refractivity contribution in [2.75, 3.05) is 19.5 Å². The van der Waals surface area contributed by atoms with E-state index in [4.69, 9.17) is 27.6 Å². The van der Waals surface area contributed by atoms with Crippen molar-refractivity contribution in [3.05, 3.63) is 73.3 Å². The third-order valence-electron chi connectivity index (χ3n) is 8.05. The first-order valence-corrected chi connectivity index (χ1v) is 18.2. The summed E-state index contributed by atoms with van der Waals surface area (Å²) in [6.07, 6.45) is -1.50. The molecule has 0 spiro atoms. The Morgan fingerprint density at radius 1 is 1.05 bits per heavy atom. The lowest BCUT2D eigenvalue weighted by Crippen LogP contribution is -2.67. The van der Waals surface area contributed by atoms with Crippen LogP contribution in [0.3, 0.4) is 0 Å². The predicted octanol–water partition coefficient (Wildman–Crippen LogP) is 3.91. The van der Waals surface area contributed by atoms with Crippen molar-refractivity contribution in [1.82, 2.24) is 0 Å². The van der Waals surface area contributed by atoms with Gasteiger partial charge in [-0.1, -0.05) is 87.5 Å². The molecule has 4 rings (SSSR count). The number of carbonyl (C=O) groups is 1. The van der Waals surface area contributed by atoms with Crippen molar-refractivity contribution in [1.29, 1.82) is 0 Å². The molecule has 0 aromatic heterocycles. The van der Waals surface area contributed by atoms with Gasteiger partial charge >= 0.3 is 5.97 Å². The minimum Gasteiger partial charge on any atom is -0.466 e. The van der Waals surface area contributed by atoms with Gasteiger partial charge in [-0.2, -0.15) is 8.42 Å². The Morgan fingerprint density at radius 3 is 2.07 bits per heavy atom. The van der Waals surface area contributed by atoms with Crippen molar-refractivity contribution >= 4 is 34.8 Å². The Bertz CT molecular complexity index is 1340. The Balaban J connectivity index is 1.82. The summed E-state index contributed by atoms with van der Waals surface area (Å²) in [6, 6.07) is 20.0. The van der Waals surface area contributed by atoms with Crippen LogP contribution in [0, 0.1) is 5.41 Å². The van der Waals surface area contributed by atoms with Crippen LogP contribution in [0.2, 0.25) is 5.04 Å². The minimum absolute atomic E-state index is 0.160. The van der Waals surface area contributed by atoms with E-state index in [1.165, 1.54) is 0 Å². The molecule has 236 valence electrons. The number of fused-ring (bicyclic) bond motifs is 1. The number of hydrogen-bond donors (Lipinski definition) is 0. The van der Waals surface area contributed by atoms with Crippen LogP contribution in [0.1, 0.15) is 48.0 Å². The van der Waals surface area contributed by atoms with Crippen LogP contribution in [0.5, 0.6) is 0 Å². The summed E-state index contributed by atoms with van der Waals surface area (Å²) < 4.78 is 62.3. The maximum Gasteiger partial charge on any atom is 0.306 e. The Morgan fingerprint density at radius 2 is 1.60 bits per heavy atom. The van der Waals surface area contributed by atoms with Crippen molar-refractivity contribution in [2.24, 2.45) is 5.41 Å². The molecule has 0 bridgehead atoms. The second-order valence-corrected chi connectivity index (χ2v) is 18.5. The summed E-state index contributed by atoms with van der Waals surface area (Å²) in [4.78, 5) is 13.0. The van der Waals surface area contributed by atoms with Crippen molar-refractivity contribution in [3.8, 4) is 0 Å². The first kappa shape index (κ1) is 33.5. The van der Waals surface area contributed by atoms with Gasteiger partial charge in [-0.15, -0.1) is 6.58 Å². The van der Waals surface area contributed by atoms with Gasteiger partial charge in [0.25, 0.3) is 18.4 Å². The number of esters is 1. The Hall–Kier alpha value is -2.38. The lowest BCUT2D eigenvalue weighted by Gasteiger charge is -2.44. The molecule has 2 aromatic rings. The monoisotopic (exact) mass is 632 g/mol. The number of ether oxygens (including phenoxy) is 4. The molecular weight excluding hydrogens is 588 g/mol. The van der Waals surface area contributed by atoms with E-state index >= 15 is 0 Å². The molecule has 9 nitrogen and oxygen atoms in total. The van der Waals surface area contributed by atoms with Gasteiger partial charge < -0.3 is 23.4 Å². The van der Waals surface area contributed by atoms with Crippen LogP contribution in [0.15, 0.2) is 73.3 Å². The summed E-state index contributed by atoms with van der Waals surface area (Å²) in [5, 5.41) is 1.66. The number of carbonyl (C=O) groups excluding carboxylic acids is 1. The van der Waals surface area contributed by atoms with Crippen LogP contribution in [0.25, 0.3) is 0 Å². The van der Waals surface area contributed by atoms with Crippen molar-refractivity contribution in [3.63, 3.8) is 0 Å². The number of hydrogen-bond acceptors (Lipinski definition) is 9. The van der Waals surface area contributed by atoms with Gasteiger partial charge in [0.05, 0.1) is 31.3 Å². The molecule has 11 heteroatoms. The Labute approximate surface area is 256 Å². The van der Waals surface area contributed by atoms with E-state index in [1.807, 2.05) is 60.7 Å². The highest BCUT2D eigenvalue weighted by Crippen LogP contribution is 2.52. The topological polar surface area (TPSA) is 107 Å².